The zero-order chi connectivity index (χ0) is 13.8. The van der Waals surface area contributed by atoms with Gasteiger partial charge in [0.05, 0.1) is 0 Å². The van der Waals surface area contributed by atoms with Gasteiger partial charge in [-0.05, 0) is 47.9 Å². The monoisotopic (exact) mass is 267 g/mol. The van der Waals surface area contributed by atoms with E-state index in [9.17, 15) is 0 Å². The minimum atomic E-state index is 1.01. The summed E-state index contributed by atoms with van der Waals surface area (Å²) in [5.74, 6) is 0. The molecule has 0 spiro atoms. The molecule has 1 aromatic heterocycles. The van der Waals surface area contributed by atoms with Crippen LogP contribution in [0.1, 0.15) is 22.3 Å². The SMILES string of the molecule is CN(CCc1ccncc1)Cc1ccc2c(c1)CNC2. The molecule has 3 rings (SSSR count). The average Bonchev–Trinajstić information content (AvgIpc) is 2.94. The summed E-state index contributed by atoms with van der Waals surface area (Å²) in [5, 5.41) is 3.40. The first-order valence-electron chi connectivity index (χ1n) is 7.20. The molecule has 1 aliphatic heterocycles. The maximum atomic E-state index is 4.05. The lowest BCUT2D eigenvalue weighted by Crippen LogP contribution is -2.20. The van der Waals surface area contributed by atoms with Crippen molar-refractivity contribution in [2.24, 2.45) is 0 Å². The summed E-state index contributed by atoms with van der Waals surface area (Å²) >= 11 is 0. The molecule has 20 heavy (non-hydrogen) atoms. The Labute approximate surface area is 120 Å². The third-order valence-corrected chi connectivity index (χ3v) is 3.89. The second kappa shape index (κ2) is 6.16. The zero-order valence-electron chi connectivity index (χ0n) is 12.0. The quantitative estimate of drug-likeness (QED) is 0.901. The van der Waals surface area contributed by atoms with Crippen molar-refractivity contribution in [1.29, 1.82) is 0 Å². The van der Waals surface area contributed by atoms with Crippen molar-refractivity contribution >= 4 is 0 Å². The van der Waals surface area contributed by atoms with Crippen molar-refractivity contribution < 1.29 is 0 Å². The first-order chi connectivity index (χ1) is 9.81. The molecule has 0 saturated carbocycles. The van der Waals surface area contributed by atoms with Crippen LogP contribution in [-0.2, 0) is 26.1 Å². The first kappa shape index (κ1) is 13.3. The number of rotatable bonds is 5. The third-order valence-electron chi connectivity index (χ3n) is 3.89. The summed E-state index contributed by atoms with van der Waals surface area (Å²) in [6.45, 7) is 4.12. The summed E-state index contributed by atoms with van der Waals surface area (Å²) in [7, 11) is 2.19. The van der Waals surface area contributed by atoms with Crippen LogP contribution in [0.5, 0.6) is 0 Å². The van der Waals surface area contributed by atoms with Crippen LogP contribution in [0.3, 0.4) is 0 Å². The van der Waals surface area contributed by atoms with Gasteiger partial charge in [0.2, 0.25) is 0 Å². The zero-order valence-corrected chi connectivity index (χ0v) is 12.0. The molecule has 1 aromatic carbocycles. The Morgan fingerprint density at radius 1 is 1.05 bits per heavy atom. The van der Waals surface area contributed by atoms with Gasteiger partial charge in [-0.2, -0.15) is 0 Å². The van der Waals surface area contributed by atoms with Gasteiger partial charge in [-0.3, -0.25) is 4.98 Å². The molecule has 3 nitrogen and oxygen atoms in total. The Hall–Kier alpha value is -1.71. The Kier molecular flexibility index (Phi) is 4.09. The van der Waals surface area contributed by atoms with E-state index in [1.54, 1.807) is 0 Å². The van der Waals surface area contributed by atoms with Crippen molar-refractivity contribution in [3.8, 4) is 0 Å². The summed E-state index contributed by atoms with van der Waals surface area (Å²) in [6, 6.07) is 11.1. The molecule has 2 heterocycles. The summed E-state index contributed by atoms with van der Waals surface area (Å²) < 4.78 is 0. The van der Waals surface area contributed by atoms with Crippen LogP contribution >= 0.6 is 0 Å². The maximum absolute atomic E-state index is 4.05. The van der Waals surface area contributed by atoms with E-state index < -0.39 is 0 Å². The van der Waals surface area contributed by atoms with Crippen molar-refractivity contribution in [3.05, 3.63) is 65.0 Å². The Morgan fingerprint density at radius 2 is 1.85 bits per heavy atom. The van der Waals surface area contributed by atoms with Gasteiger partial charge in [0.15, 0.2) is 0 Å². The average molecular weight is 267 g/mol. The fraction of sp³-hybridized carbons (Fsp3) is 0.353. The van der Waals surface area contributed by atoms with Gasteiger partial charge < -0.3 is 10.2 Å². The number of hydrogen-bond acceptors (Lipinski definition) is 3. The topological polar surface area (TPSA) is 28.2 Å². The van der Waals surface area contributed by atoms with Crippen LogP contribution in [0, 0.1) is 0 Å². The minimum absolute atomic E-state index is 1.01. The number of likely N-dealkylation sites (N-methyl/N-ethyl adjacent to an activating group) is 1. The van der Waals surface area contributed by atoms with Crippen LogP contribution in [0.15, 0.2) is 42.7 Å². The number of aromatic nitrogens is 1. The highest BCUT2D eigenvalue weighted by atomic mass is 15.1. The number of pyridine rings is 1. The molecule has 0 fully saturated rings. The smallest absolute Gasteiger partial charge is 0.0270 e. The predicted molar refractivity (Wildman–Crippen MR) is 81.3 cm³/mol. The van der Waals surface area contributed by atoms with Gasteiger partial charge >= 0.3 is 0 Å². The lowest BCUT2D eigenvalue weighted by Gasteiger charge is -2.17. The second-order valence-corrected chi connectivity index (χ2v) is 5.55. The van der Waals surface area contributed by atoms with Crippen molar-refractivity contribution in [2.45, 2.75) is 26.1 Å². The molecule has 0 radical (unpaired) electrons. The molecule has 0 unspecified atom stereocenters. The highest BCUT2D eigenvalue weighted by Gasteiger charge is 2.10. The number of nitrogens with zero attached hydrogens (tertiary/aromatic N) is 2. The molecule has 1 aliphatic rings. The third kappa shape index (κ3) is 3.24. The highest BCUT2D eigenvalue weighted by Crippen LogP contribution is 2.17. The molecular formula is C17H21N3. The predicted octanol–water partition coefficient (Wildman–Crippen LogP) is 2.36. The lowest BCUT2D eigenvalue weighted by atomic mass is 10.1. The standard InChI is InChI=1S/C17H21N3/c1-20(9-6-14-4-7-18-8-5-14)13-15-2-3-16-11-19-12-17(16)10-15/h2-5,7-8,10,19H,6,9,11-13H2,1H3. The number of nitrogens with one attached hydrogen (secondary N) is 1. The van der Waals surface area contributed by atoms with E-state index in [-0.39, 0.29) is 0 Å². The maximum Gasteiger partial charge on any atom is 0.0270 e. The van der Waals surface area contributed by atoms with Gasteiger partial charge in [0.25, 0.3) is 0 Å². The van der Waals surface area contributed by atoms with Crippen LogP contribution in [0.2, 0.25) is 0 Å². The first-order valence-corrected chi connectivity index (χ1v) is 7.20. The van der Waals surface area contributed by atoms with Gasteiger partial charge in [0.1, 0.15) is 0 Å². The van der Waals surface area contributed by atoms with Crippen molar-refractivity contribution in [3.63, 3.8) is 0 Å². The molecule has 3 heteroatoms. The summed E-state index contributed by atoms with van der Waals surface area (Å²) in [6.07, 6.45) is 4.80. The molecule has 0 atom stereocenters. The highest BCUT2D eigenvalue weighted by molar-refractivity contribution is 5.34. The van der Waals surface area contributed by atoms with E-state index in [1.165, 1.54) is 22.3 Å². The van der Waals surface area contributed by atoms with Gasteiger partial charge in [-0.15, -0.1) is 0 Å². The molecule has 2 aromatic rings. The van der Waals surface area contributed by atoms with E-state index in [1.807, 2.05) is 12.4 Å². The summed E-state index contributed by atoms with van der Waals surface area (Å²) in [4.78, 5) is 6.43. The van der Waals surface area contributed by atoms with E-state index >= 15 is 0 Å². The second-order valence-electron chi connectivity index (χ2n) is 5.55. The van der Waals surface area contributed by atoms with Crippen molar-refractivity contribution in [1.82, 2.24) is 15.2 Å². The van der Waals surface area contributed by atoms with E-state index in [2.05, 4.69) is 52.6 Å². The van der Waals surface area contributed by atoms with Crippen LogP contribution in [0.25, 0.3) is 0 Å². The van der Waals surface area contributed by atoms with Crippen LogP contribution in [-0.4, -0.2) is 23.5 Å². The van der Waals surface area contributed by atoms with E-state index in [0.29, 0.717) is 0 Å². The molecule has 0 saturated heterocycles. The Bertz CT molecular complexity index is 566. The summed E-state index contributed by atoms with van der Waals surface area (Å²) in [5.41, 5.74) is 5.67. The van der Waals surface area contributed by atoms with E-state index in [0.717, 1.165) is 32.6 Å². The molecule has 0 aliphatic carbocycles. The Morgan fingerprint density at radius 3 is 2.70 bits per heavy atom. The van der Waals surface area contributed by atoms with Crippen molar-refractivity contribution in [2.75, 3.05) is 13.6 Å². The fourth-order valence-electron chi connectivity index (χ4n) is 2.71. The molecule has 0 bridgehead atoms. The normalized spacial score (nSPS) is 13.7. The molecular weight excluding hydrogens is 246 g/mol. The van der Waals surface area contributed by atoms with Crippen LogP contribution < -0.4 is 5.32 Å². The lowest BCUT2D eigenvalue weighted by molar-refractivity contribution is 0.331. The number of fused-ring (bicyclic) bond motifs is 1. The fourth-order valence-corrected chi connectivity index (χ4v) is 2.71. The number of benzene rings is 1. The molecule has 0 amide bonds. The molecule has 1 N–H and O–H groups in total. The number of hydrogen-bond donors (Lipinski definition) is 1. The minimum Gasteiger partial charge on any atom is -0.309 e. The Balaban J connectivity index is 1.55. The molecule has 104 valence electrons. The van der Waals surface area contributed by atoms with Gasteiger partial charge in [-0.1, -0.05) is 18.2 Å². The van der Waals surface area contributed by atoms with Crippen LogP contribution in [0.4, 0.5) is 0 Å². The largest absolute Gasteiger partial charge is 0.309 e. The van der Waals surface area contributed by atoms with Gasteiger partial charge in [-0.25, -0.2) is 0 Å². The van der Waals surface area contributed by atoms with E-state index in [4.69, 9.17) is 0 Å². The van der Waals surface area contributed by atoms with Gasteiger partial charge in [0, 0.05) is 38.6 Å².